The molecular weight excluding hydrogens is 405 g/mol. The molecule has 2 heterocycles. The minimum absolute atomic E-state index is 0.139. The second-order valence-corrected chi connectivity index (χ2v) is 6.87. The lowest BCUT2D eigenvalue weighted by Gasteiger charge is -2.09. The number of aromatic nitrogens is 3. The van der Waals surface area contributed by atoms with E-state index in [1.165, 1.54) is 18.3 Å². The first kappa shape index (κ1) is 20.5. The standard InChI is InChI=1S/C19H17ClFN3O5/c1-10(2)8-28-19-13(20)5-12(7-22-19)18-23-17(24-29-18)11-3-4-15(14(21)6-11)27-9-16(25)26/h3-7,10H,8-9H2,1-2H3,(H,25,26). The summed E-state index contributed by atoms with van der Waals surface area (Å²) in [4.78, 5) is 18.9. The summed E-state index contributed by atoms with van der Waals surface area (Å²) >= 11 is 6.19. The van der Waals surface area contributed by atoms with Crippen LogP contribution in [0.2, 0.25) is 5.02 Å². The maximum absolute atomic E-state index is 14.1. The number of hydrogen-bond donors (Lipinski definition) is 1. The normalized spacial score (nSPS) is 10.9. The molecule has 0 aliphatic rings. The monoisotopic (exact) mass is 421 g/mol. The van der Waals surface area contributed by atoms with E-state index in [9.17, 15) is 9.18 Å². The summed E-state index contributed by atoms with van der Waals surface area (Å²) in [5.74, 6) is -1.21. The highest BCUT2D eigenvalue weighted by molar-refractivity contribution is 6.32. The first-order valence-corrected chi connectivity index (χ1v) is 8.98. The predicted molar refractivity (Wildman–Crippen MR) is 101 cm³/mol. The van der Waals surface area contributed by atoms with Gasteiger partial charge in [0.15, 0.2) is 18.2 Å². The molecule has 0 bridgehead atoms. The Morgan fingerprint density at radius 1 is 1.28 bits per heavy atom. The van der Waals surface area contributed by atoms with Crippen LogP contribution in [0.4, 0.5) is 4.39 Å². The second kappa shape index (κ2) is 8.87. The van der Waals surface area contributed by atoms with Gasteiger partial charge in [0, 0.05) is 11.8 Å². The van der Waals surface area contributed by atoms with Gasteiger partial charge < -0.3 is 19.1 Å². The zero-order valence-electron chi connectivity index (χ0n) is 15.6. The van der Waals surface area contributed by atoms with E-state index in [1.807, 2.05) is 13.8 Å². The van der Waals surface area contributed by atoms with Crippen molar-refractivity contribution in [2.24, 2.45) is 5.92 Å². The number of carboxylic acid groups (broad SMARTS) is 1. The van der Waals surface area contributed by atoms with Crippen LogP contribution in [0.25, 0.3) is 22.8 Å². The van der Waals surface area contributed by atoms with Crippen LogP contribution in [0.5, 0.6) is 11.6 Å². The number of halogens is 2. The number of carboxylic acids is 1. The van der Waals surface area contributed by atoms with E-state index in [-0.39, 0.29) is 17.5 Å². The maximum Gasteiger partial charge on any atom is 0.341 e. The number of nitrogens with zero attached hydrogens (tertiary/aromatic N) is 3. The molecule has 0 aliphatic carbocycles. The second-order valence-electron chi connectivity index (χ2n) is 6.47. The number of hydrogen-bond acceptors (Lipinski definition) is 7. The third kappa shape index (κ3) is 5.20. The van der Waals surface area contributed by atoms with Gasteiger partial charge in [-0.15, -0.1) is 0 Å². The molecule has 8 nitrogen and oxygen atoms in total. The van der Waals surface area contributed by atoms with Crippen molar-refractivity contribution in [1.29, 1.82) is 0 Å². The van der Waals surface area contributed by atoms with Gasteiger partial charge in [-0.05, 0) is 30.2 Å². The van der Waals surface area contributed by atoms with Crippen LogP contribution in [0.15, 0.2) is 35.0 Å². The number of benzene rings is 1. The van der Waals surface area contributed by atoms with E-state index in [0.29, 0.717) is 34.6 Å². The van der Waals surface area contributed by atoms with Crippen molar-refractivity contribution >= 4 is 17.6 Å². The minimum Gasteiger partial charge on any atom is -0.479 e. The van der Waals surface area contributed by atoms with Crippen molar-refractivity contribution in [2.75, 3.05) is 13.2 Å². The first-order chi connectivity index (χ1) is 13.8. The summed E-state index contributed by atoms with van der Waals surface area (Å²) in [7, 11) is 0. The van der Waals surface area contributed by atoms with Gasteiger partial charge >= 0.3 is 5.97 Å². The van der Waals surface area contributed by atoms with Gasteiger partial charge in [-0.1, -0.05) is 30.6 Å². The van der Waals surface area contributed by atoms with Gasteiger partial charge in [0.05, 0.1) is 12.2 Å². The molecule has 1 aromatic carbocycles. The van der Waals surface area contributed by atoms with Crippen LogP contribution in [-0.2, 0) is 4.79 Å². The van der Waals surface area contributed by atoms with Crippen molar-refractivity contribution in [1.82, 2.24) is 15.1 Å². The molecule has 2 aromatic heterocycles. The van der Waals surface area contributed by atoms with E-state index >= 15 is 0 Å². The number of carbonyl (C=O) groups is 1. The molecule has 0 spiro atoms. The van der Waals surface area contributed by atoms with E-state index in [2.05, 4.69) is 15.1 Å². The number of aliphatic carboxylic acids is 1. The first-order valence-electron chi connectivity index (χ1n) is 8.60. The Bertz CT molecular complexity index is 1020. The van der Waals surface area contributed by atoms with E-state index < -0.39 is 18.4 Å². The van der Waals surface area contributed by atoms with Crippen LogP contribution in [0.3, 0.4) is 0 Å². The molecule has 0 aliphatic heterocycles. The van der Waals surface area contributed by atoms with Crippen LogP contribution in [0.1, 0.15) is 13.8 Å². The summed E-state index contributed by atoms with van der Waals surface area (Å²) in [5.41, 5.74) is 0.809. The average Bonchev–Trinajstić information content (AvgIpc) is 3.16. The Hall–Kier alpha value is -3.20. The van der Waals surface area contributed by atoms with Crippen molar-refractivity contribution in [3.05, 3.63) is 41.3 Å². The summed E-state index contributed by atoms with van der Waals surface area (Å²) in [6.07, 6.45) is 1.49. The minimum atomic E-state index is -1.20. The van der Waals surface area contributed by atoms with Gasteiger partial charge in [-0.25, -0.2) is 14.2 Å². The quantitative estimate of drug-likeness (QED) is 0.579. The van der Waals surface area contributed by atoms with Crippen molar-refractivity contribution < 1.29 is 28.3 Å². The molecule has 0 radical (unpaired) electrons. The van der Waals surface area contributed by atoms with Crippen molar-refractivity contribution in [2.45, 2.75) is 13.8 Å². The number of ether oxygens (including phenoxy) is 2. The topological polar surface area (TPSA) is 108 Å². The van der Waals surface area contributed by atoms with Crippen LogP contribution in [-0.4, -0.2) is 39.4 Å². The molecule has 0 saturated carbocycles. The Morgan fingerprint density at radius 3 is 2.72 bits per heavy atom. The lowest BCUT2D eigenvalue weighted by Crippen LogP contribution is -2.10. The Morgan fingerprint density at radius 2 is 2.07 bits per heavy atom. The third-order valence-corrected chi connectivity index (χ3v) is 3.85. The van der Waals surface area contributed by atoms with Crippen LogP contribution >= 0.6 is 11.6 Å². The zero-order chi connectivity index (χ0) is 21.0. The van der Waals surface area contributed by atoms with Crippen LogP contribution in [0, 0.1) is 11.7 Å². The molecule has 0 atom stereocenters. The number of pyridine rings is 1. The highest BCUT2D eigenvalue weighted by atomic mass is 35.5. The summed E-state index contributed by atoms with van der Waals surface area (Å²) < 4.78 is 29.7. The lowest BCUT2D eigenvalue weighted by molar-refractivity contribution is -0.139. The highest BCUT2D eigenvalue weighted by Crippen LogP contribution is 2.29. The molecule has 0 amide bonds. The zero-order valence-corrected chi connectivity index (χ0v) is 16.3. The van der Waals surface area contributed by atoms with Gasteiger partial charge in [-0.2, -0.15) is 4.98 Å². The lowest BCUT2D eigenvalue weighted by atomic mass is 10.2. The fraction of sp³-hybridized carbons (Fsp3) is 0.263. The third-order valence-electron chi connectivity index (χ3n) is 3.58. The van der Waals surface area contributed by atoms with E-state index in [4.69, 9.17) is 30.7 Å². The van der Waals surface area contributed by atoms with Gasteiger partial charge in [0.2, 0.25) is 11.7 Å². The fourth-order valence-corrected chi connectivity index (χ4v) is 2.47. The Balaban J connectivity index is 1.78. The Labute approximate surface area is 170 Å². The van der Waals surface area contributed by atoms with Crippen molar-refractivity contribution in [3.8, 4) is 34.5 Å². The predicted octanol–water partition coefficient (Wildman–Crippen LogP) is 4.09. The van der Waals surface area contributed by atoms with Gasteiger partial charge in [0.25, 0.3) is 5.89 Å². The van der Waals surface area contributed by atoms with Gasteiger partial charge in [0.1, 0.15) is 5.02 Å². The van der Waals surface area contributed by atoms with E-state index in [0.717, 1.165) is 6.07 Å². The molecule has 0 saturated heterocycles. The van der Waals surface area contributed by atoms with Crippen molar-refractivity contribution in [3.63, 3.8) is 0 Å². The van der Waals surface area contributed by atoms with Crippen LogP contribution < -0.4 is 9.47 Å². The van der Waals surface area contributed by atoms with E-state index in [1.54, 1.807) is 6.07 Å². The molecule has 29 heavy (non-hydrogen) atoms. The summed E-state index contributed by atoms with van der Waals surface area (Å²) in [6, 6.07) is 5.50. The Kier molecular flexibility index (Phi) is 6.28. The molecular formula is C19H17ClFN3O5. The molecule has 1 N–H and O–H groups in total. The average molecular weight is 422 g/mol. The largest absolute Gasteiger partial charge is 0.479 e. The maximum atomic E-state index is 14.1. The molecule has 10 heteroatoms. The SMILES string of the molecule is CC(C)COc1ncc(-c2nc(-c3ccc(OCC(=O)O)c(F)c3)no2)cc1Cl. The fourth-order valence-electron chi connectivity index (χ4n) is 2.25. The molecule has 3 rings (SSSR count). The highest BCUT2D eigenvalue weighted by Gasteiger charge is 2.16. The summed E-state index contributed by atoms with van der Waals surface area (Å²) in [6.45, 7) is 3.85. The van der Waals surface area contributed by atoms with Gasteiger partial charge in [-0.3, -0.25) is 0 Å². The molecule has 0 unspecified atom stereocenters. The molecule has 3 aromatic rings. The number of rotatable bonds is 8. The molecule has 0 fully saturated rings. The molecule has 152 valence electrons. The smallest absolute Gasteiger partial charge is 0.341 e. The summed E-state index contributed by atoms with van der Waals surface area (Å²) in [5, 5.41) is 12.7.